The van der Waals surface area contributed by atoms with E-state index in [1.807, 2.05) is 13.0 Å². The number of alkyl halides is 2. The van der Waals surface area contributed by atoms with E-state index in [0.717, 1.165) is 5.56 Å². The van der Waals surface area contributed by atoms with E-state index < -0.39 is 17.7 Å². The quantitative estimate of drug-likeness (QED) is 0.556. The average molecular weight is 474 g/mol. The molecule has 0 spiro atoms. The number of halogens is 2. The molecule has 11 nitrogen and oxygen atoms in total. The van der Waals surface area contributed by atoms with Gasteiger partial charge in [0.15, 0.2) is 11.3 Å². The van der Waals surface area contributed by atoms with Crippen molar-refractivity contribution in [3.8, 4) is 0 Å². The van der Waals surface area contributed by atoms with Gasteiger partial charge in [0, 0.05) is 32.0 Å². The van der Waals surface area contributed by atoms with Crippen molar-refractivity contribution in [2.45, 2.75) is 57.0 Å². The minimum Gasteiger partial charge on any atom is -0.364 e. The number of nitrogens with two attached hydrogens (primary N) is 1. The van der Waals surface area contributed by atoms with Crippen LogP contribution in [0.3, 0.4) is 0 Å². The molecule has 0 bridgehead atoms. The highest BCUT2D eigenvalue weighted by atomic mass is 19.3. The van der Waals surface area contributed by atoms with E-state index in [-0.39, 0.29) is 55.1 Å². The second kappa shape index (κ2) is 8.29. The molecule has 1 aliphatic heterocycles. The summed E-state index contributed by atoms with van der Waals surface area (Å²) in [6, 6.07) is 1.75. The summed E-state index contributed by atoms with van der Waals surface area (Å²) in [5.74, 6) is -4.40. The highest BCUT2D eigenvalue weighted by Gasteiger charge is 2.41. The first-order valence-corrected chi connectivity index (χ1v) is 11.1. The molecule has 2 aliphatic rings. The maximum Gasteiger partial charge on any atom is 0.318 e. The Bertz CT molecular complexity index is 1230. The van der Waals surface area contributed by atoms with Crippen LogP contribution in [0, 0.1) is 5.92 Å². The van der Waals surface area contributed by atoms with Crippen molar-refractivity contribution in [3.05, 3.63) is 41.1 Å². The van der Waals surface area contributed by atoms with Crippen LogP contribution >= 0.6 is 0 Å². The van der Waals surface area contributed by atoms with Crippen LogP contribution in [-0.2, 0) is 6.54 Å². The molecular formula is C21H24F2N8O3. The van der Waals surface area contributed by atoms with Crippen LogP contribution < -0.4 is 11.1 Å². The normalized spacial score (nSPS) is 21.7. The molecule has 34 heavy (non-hydrogen) atoms. The molecular weight excluding hydrogens is 450 g/mol. The van der Waals surface area contributed by atoms with Crippen molar-refractivity contribution in [3.63, 3.8) is 0 Å². The van der Waals surface area contributed by atoms with Crippen molar-refractivity contribution in [1.82, 2.24) is 35.1 Å². The lowest BCUT2D eigenvalue weighted by atomic mass is 9.75. The number of fused-ring (bicyclic) bond motifs is 1. The smallest absolute Gasteiger partial charge is 0.318 e. The zero-order valence-electron chi connectivity index (χ0n) is 18.4. The molecule has 3 amide bonds. The summed E-state index contributed by atoms with van der Waals surface area (Å²) in [5.41, 5.74) is 7.31. The molecule has 0 aromatic carbocycles. The third kappa shape index (κ3) is 4.17. The zero-order valence-corrected chi connectivity index (χ0v) is 18.4. The molecule has 2 fully saturated rings. The van der Waals surface area contributed by atoms with E-state index >= 15 is 0 Å². The number of hydrogen-bond acceptors (Lipinski definition) is 7. The van der Waals surface area contributed by atoms with Gasteiger partial charge in [-0.15, -0.1) is 0 Å². The molecule has 1 aliphatic carbocycles. The van der Waals surface area contributed by atoms with Gasteiger partial charge in [0.25, 0.3) is 5.91 Å². The minimum absolute atomic E-state index is 0.0707. The van der Waals surface area contributed by atoms with Gasteiger partial charge in [-0.25, -0.2) is 27.7 Å². The van der Waals surface area contributed by atoms with Crippen LogP contribution in [0.5, 0.6) is 0 Å². The fourth-order valence-corrected chi connectivity index (χ4v) is 4.86. The van der Waals surface area contributed by atoms with Crippen LogP contribution in [0.2, 0.25) is 0 Å². The standard InChI is InChI=1S/C21H24F2N8O3/c1-11-8-30(20(33)26-11)9-12-6-15-27-14(10-31(15)25-7-12)16(13-2-4-21(22,23)5-3-13)17-18(19(24)32)29-34-28-17/h6-7,10-11,13,16H,2-5,8-9H2,1H3,(H2,24,32)(H,26,33)/t11-,16+/m1/s1. The second-order valence-corrected chi connectivity index (χ2v) is 9.10. The van der Waals surface area contributed by atoms with Crippen molar-refractivity contribution < 1.29 is 23.0 Å². The first-order chi connectivity index (χ1) is 16.2. The van der Waals surface area contributed by atoms with Crippen LogP contribution in [0.25, 0.3) is 5.65 Å². The van der Waals surface area contributed by atoms with Gasteiger partial charge in [0.2, 0.25) is 5.92 Å². The Morgan fingerprint density at radius 2 is 2.12 bits per heavy atom. The SMILES string of the molecule is C[C@@H]1CN(Cc2cnn3cc([C@@H](c4nonc4C(N)=O)C4CCC(F)(F)CC4)nc3c2)C(=O)N1. The van der Waals surface area contributed by atoms with Gasteiger partial charge in [-0.1, -0.05) is 5.16 Å². The highest BCUT2D eigenvalue weighted by Crippen LogP contribution is 2.44. The van der Waals surface area contributed by atoms with E-state index in [4.69, 9.17) is 10.4 Å². The molecule has 2 atom stereocenters. The van der Waals surface area contributed by atoms with E-state index in [1.54, 1.807) is 21.8 Å². The summed E-state index contributed by atoms with van der Waals surface area (Å²) in [6.45, 7) is 2.90. The highest BCUT2D eigenvalue weighted by molar-refractivity contribution is 5.91. The Balaban J connectivity index is 1.48. The molecule has 3 aromatic rings. The number of imidazole rings is 1. The summed E-state index contributed by atoms with van der Waals surface area (Å²) >= 11 is 0. The Hall–Kier alpha value is -3.64. The maximum absolute atomic E-state index is 13.8. The number of carbonyl (C=O) groups is 2. The van der Waals surface area contributed by atoms with Gasteiger partial charge in [-0.3, -0.25) is 4.79 Å². The molecule has 5 rings (SSSR count). The number of amides is 3. The summed E-state index contributed by atoms with van der Waals surface area (Å²) in [5, 5.41) is 14.8. The fraction of sp³-hybridized carbons (Fsp3) is 0.524. The van der Waals surface area contributed by atoms with Crippen molar-refractivity contribution >= 4 is 17.6 Å². The monoisotopic (exact) mass is 474 g/mol. The Kier molecular flexibility index (Phi) is 5.41. The third-order valence-electron chi connectivity index (χ3n) is 6.51. The Morgan fingerprint density at radius 3 is 2.79 bits per heavy atom. The molecule has 13 heteroatoms. The van der Waals surface area contributed by atoms with Crippen LogP contribution in [0.15, 0.2) is 23.1 Å². The molecule has 180 valence electrons. The largest absolute Gasteiger partial charge is 0.364 e. The summed E-state index contributed by atoms with van der Waals surface area (Å²) in [4.78, 5) is 30.3. The number of aromatic nitrogens is 5. The topological polar surface area (TPSA) is 145 Å². The van der Waals surface area contributed by atoms with E-state index in [2.05, 4.69) is 25.7 Å². The van der Waals surface area contributed by atoms with Gasteiger partial charge in [0.05, 0.1) is 24.0 Å². The number of rotatable bonds is 6. The zero-order chi connectivity index (χ0) is 24.0. The predicted molar refractivity (Wildman–Crippen MR) is 113 cm³/mol. The van der Waals surface area contributed by atoms with Crippen LogP contribution in [-0.4, -0.2) is 60.3 Å². The lowest BCUT2D eigenvalue weighted by molar-refractivity contribution is -0.0476. The summed E-state index contributed by atoms with van der Waals surface area (Å²) < 4.78 is 34.0. The van der Waals surface area contributed by atoms with Crippen molar-refractivity contribution in [1.29, 1.82) is 0 Å². The van der Waals surface area contributed by atoms with Gasteiger partial charge >= 0.3 is 6.03 Å². The molecule has 1 saturated carbocycles. The molecule has 1 saturated heterocycles. The van der Waals surface area contributed by atoms with Gasteiger partial charge in [-0.2, -0.15) is 5.10 Å². The lowest BCUT2D eigenvalue weighted by Gasteiger charge is -2.32. The van der Waals surface area contributed by atoms with E-state index in [9.17, 15) is 18.4 Å². The molecule has 0 unspecified atom stereocenters. The minimum atomic E-state index is -2.72. The second-order valence-electron chi connectivity index (χ2n) is 9.10. The van der Waals surface area contributed by atoms with Crippen molar-refractivity contribution in [2.75, 3.05) is 6.54 Å². The Labute approximate surface area is 192 Å². The van der Waals surface area contributed by atoms with Gasteiger partial charge in [0.1, 0.15) is 5.69 Å². The fourth-order valence-electron chi connectivity index (χ4n) is 4.86. The van der Waals surface area contributed by atoms with Crippen LogP contribution in [0.1, 0.15) is 66.0 Å². The Morgan fingerprint density at radius 1 is 1.35 bits per heavy atom. The number of nitrogens with zero attached hydrogens (tertiary/aromatic N) is 6. The molecule has 3 aromatic heterocycles. The average Bonchev–Trinajstić information content (AvgIpc) is 3.48. The lowest BCUT2D eigenvalue weighted by Crippen LogP contribution is -2.29. The summed E-state index contributed by atoms with van der Waals surface area (Å²) in [7, 11) is 0. The molecule has 4 heterocycles. The van der Waals surface area contributed by atoms with E-state index in [1.165, 1.54) is 0 Å². The third-order valence-corrected chi connectivity index (χ3v) is 6.51. The maximum atomic E-state index is 13.8. The number of urea groups is 1. The molecule has 3 N–H and O–H groups in total. The predicted octanol–water partition coefficient (Wildman–Crippen LogP) is 2.08. The molecule has 0 radical (unpaired) electrons. The van der Waals surface area contributed by atoms with E-state index in [0.29, 0.717) is 24.4 Å². The van der Waals surface area contributed by atoms with Crippen molar-refractivity contribution in [2.24, 2.45) is 11.7 Å². The number of carbonyl (C=O) groups excluding carboxylic acids is 2. The number of nitrogens with one attached hydrogen (secondary N) is 1. The first-order valence-electron chi connectivity index (χ1n) is 11.1. The van der Waals surface area contributed by atoms with Gasteiger partial charge < -0.3 is 16.0 Å². The first kappa shape index (κ1) is 22.2. The van der Waals surface area contributed by atoms with Crippen LogP contribution in [0.4, 0.5) is 13.6 Å². The summed E-state index contributed by atoms with van der Waals surface area (Å²) in [6.07, 6.45) is 3.24. The number of hydrogen-bond donors (Lipinski definition) is 2. The number of primary amides is 1. The van der Waals surface area contributed by atoms with Gasteiger partial charge in [-0.05, 0) is 42.5 Å².